The molecule has 0 saturated heterocycles. The van der Waals surface area contributed by atoms with Gasteiger partial charge in [-0.2, -0.15) is 0 Å². The number of fused-ring (bicyclic) bond motifs is 2. The van der Waals surface area contributed by atoms with Crippen LogP contribution in [0.3, 0.4) is 0 Å². The van der Waals surface area contributed by atoms with Gasteiger partial charge in [-0.05, 0) is 41.6 Å². The highest BCUT2D eigenvalue weighted by molar-refractivity contribution is 5.21. The van der Waals surface area contributed by atoms with E-state index >= 15 is 0 Å². The number of aliphatic hydroxyl groups is 1. The van der Waals surface area contributed by atoms with Gasteiger partial charge in [0.15, 0.2) is 0 Å². The number of hydrogen-bond donors (Lipinski definition) is 2. The van der Waals surface area contributed by atoms with Gasteiger partial charge in [-0.25, -0.2) is 0 Å². The third-order valence-corrected chi connectivity index (χ3v) is 6.02. The molecule has 1 aromatic carbocycles. The third kappa shape index (κ3) is 2.10. The predicted molar refractivity (Wildman–Crippen MR) is 82.4 cm³/mol. The summed E-state index contributed by atoms with van der Waals surface area (Å²) < 4.78 is 0. The molecule has 2 heteroatoms. The molecule has 2 fully saturated rings. The maximum atomic E-state index is 9.80. The first-order valence-corrected chi connectivity index (χ1v) is 7.89. The molecule has 0 aromatic heterocycles. The minimum atomic E-state index is 0.0525. The summed E-state index contributed by atoms with van der Waals surface area (Å²) in [5.41, 5.74) is 1.92. The van der Waals surface area contributed by atoms with Gasteiger partial charge < -0.3 is 10.4 Å². The van der Waals surface area contributed by atoms with Crippen LogP contribution in [0.1, 0.15) is 51.6 Å². The Kier molecular flexibility index (Phi) is 3.42. The molecular formula is C18H27NO. The summed E-state index contributed by atoms with van der Waals surface area (Å²) in [4.78, 5) is 0. The highest BCUT2D eigenvalue weighted by Crippen LogP contribution is 2.62. The topological polar surface area (TPSA) is 32.3 Å². The smallest absolute Gasteiger partial charge is 0.0626 e. The van der Waals surface area contributed by atoms with E-state index in [1.54, 1.807) is 0 Å². The average molecular weight is 273 g/mol. The lowest BCUT2D eigenvalue weighted by Crippen LogP contribution is -2.52. The van der Waals surface area contributed by atoms with Gasteiger partial charge in [0.05, 0.1) is 12.6 Å². The van der Waals surface area contributed by atoms with Gasteiger partial charge >= 0.3 is 0 Å². The Morgan fingerprint density at radius 3 is 2.50 bits per heavy atom. The molecule has 2 aliphatic carbocycles. The van der Waals surface area contributed by atoms with E-state index in [-0.39, 0.29) is 12.6 Å². The van der Waals surface area contributed by atoms with Crippen molar-refractivity contribution < 1.29 is 5.11 Å². The van der Waals surface area contributed by atoms with Crippen LogP contribution in [0.25, 0.3) is 0 Å². The molecule has 0 spiro atoms. The van der Waals surface area contributed by atoms with Crippen molar-refractivity contribution in [1.29, 1.82) is 0 Å². The molecule has 1 aromatic rings. The normalized spacial score (nSPS) is 36.2. The maximum absolute atomic E-state index is 9.80. The maximum Gasteiger partial charge on any atom is 0.0626 e. The minimum Gasteiger partial charge on any atom is -0.394 e. The molecule has 3 rings (SSSR count). The van der Waals surface area contributed by atoms with Crippen molar-refractivity contribution in [3.63, 3.8) is 0 Å². The molecular weight excluding hydrogens is 246 g/mol. The van der Waals surface area contributed by atoms with Crippen molar-refractivity contribution in [2.24, 2.45) is 16.7 Å². The van der Waals surface area contributed by atoms with Crippen LogP contribution in [0, 0.1) is 16.7 Å². The Hall–Kier alpha value is -0.860. The van der Waals surface area contributed by atoms with Crippen molar-refractivity contribution in [2.45, 2.75) is 52.1 Å². The molecule has 0 heterocycles. The van der Waals surface area contributed by atoms with Crippen LogP contribution < -0.4 is 5.32 Å². The van der Waals surface area contributed by atoms with Crippen molar-refractivity contribution in [3.05, 3.63) is 35.9 Å². The summed E-state index contributed by atoms with van der Waals surface area (Å²) in [6.45, 7) is 7.40. The fraction of sp³-hybridized carbons (Fsp3) is 0.667. The van der Waals surface area contributed by atoms with E-state index in [9.17, 15) is 5.11 Å². The lowest BCUT2D eigenvalue weighted by Gasteiger charge is -2.45. The Balaban J connectivity index is 1.83. The molecule has 2 bridgehead atoms. The van der Waals surface area contributed by atoms with E-state index in [0.29, 0.717) is 16.9 Å². The number of hydrogen-bond acceptors (Lipinski definition) is 2. The Morgan fingerprint density at radius 1 is 1.25 bits per heavy atom. The van der Waals surface area contributed by atoms with E-state index in [4.69, 9.17) is 0 Å². The van der Waals surface area contributed by atoms with E-state index in [0.717, 1.165) is 5.92 Å². The summed E-state index contributed by atoms with van der Waals surface area (Å²) in [5.74, 6) is 0.833. The van der Waals surface area contributed by atoms with Crippen LogP contribution in [0.5, 0.6) is 0 Å². The average Bonchev–Trinajstić information content (AvgIpc) is 2.91. The molecule has 110 valence electrons. The van der Waals surface area contributed by atoms with E-state index < -0.39 is 0 Å². The third-order valence-electron chi connectivity index (χ3n) is 6.02. The van der Waals surface area contributed by atoms with Crippen LogP contribution in [-0.2, 0) is 0 Å². The van der Waals surface area contributed by atoms with Gasteiger partial charge in [0, 0.05) is 6.04 Å². The molecule has 4 atom stereocenters. The van der Waals surface area contributed by atoms with Crippen LogP contribution in [-0.4, -0.2) is 17.8 Å². The van der Waals surface area contributed by atoms with E-state index in [1.165, 1.54) is 24.8 Å². The van der Waals surface area contributed by atoms with Crippen LogP contribution >= 0.6 is 0 Å². The summed E-state index contributed by atoms with van der Waals surface area (Å²) in [6.07, 6.45) is 4.03. The Morgan fingerprint density at radius 2 is 1.95 bits per heavy atom. The Bertz CT molecular complexity index is 465. The predicted octanol–water partition coefficient (Wildman–Crippen LogP) is 3.52. The highest BCUT2D eigenvalue weighted by atomic mass is 16.3. The van der Waals surface area contributed by atoms with Gasteiger partial charge in [0.25, 0.3) is 0 Å². The molecule has 0 amide bonds. The van der Waals surface area contributed by atoms with Crippen LogP contribution in [0.15, 0.2) is 30.3 Å². The van der Waals surface area contributed by atoms with Crippen LogP contribution in [0.2, 0.25) is 0 Å². The Labute approximate surface area is 122 Å². The molecule has 0 radical (unpaired) electrons. The van der Waals surface area contributed by atoms with Gasteiger partial charge in [0.1, 0.15) is 0 Å². The summed E-state index contributed by atoms with van der Waals surface area (Å²) in [7, 11) is 0. The summed E-state index contributed by atoms with van der Waals surface area (Å²) in [5, 5.41) is 13.6. The van der Waals surface area contributed by atoms with Crippen molar-refractivity contribution in [3.8, 4) is 0 Å². The van der Waals surface area contributed by atoms with E-state index in [1.807, 2.05) is 18.2 Å². The zero-order chi connectivity index (χ0) is 14.4. The SMILES string of the molecule is CC12CCC(C1)C(C)(C)C2N[C@@H](CO)c1ccccc1. The second-order valence-electron chi connectivity index (χ2n) is 7.66. The van der Waals surface area contributed by atoms with Crippen LogP contribution in [0.4, 0.5) is 0 Å². The fourth-order valence-corrected chi connectivity index (χ4v) is 4.86. The molecule has 0 aliphatic heterocycles. The quantitative estimate of drug-likeness (QED) is 0.879. The largest absolute Gasteiger partial charge is 0.394 e. The summed E-state index contributed by atoms with van der Waals surface area (Å²) >= 11 is 0. The molecule has 20 heavy (non-hydrogen) atoms. The first kappa shape index (κ1) is 14.1. The first-order chi connectivity index (χ1) is 9.47. The lowest BCUT2D eigenvalue weighted by molar-refractivity contribution is 0.0867. The van der Waals surface area contributed by atoms with Gasteiger partial charge in [-0.3, -0.25) is 0 Å². The first-order valence-electron chi connectivity index (χ1n) is 7.89. The second kappa shape index (κ2) is 4.85. The van der Waals surface area contributed by atoms with Crippen molar-refractivity contribution >= 4 is 0 Å². The van der Waals surface area contributed by atoms with E-state index in [2.05, 4.69) is 38.2 Å². The zero-order valence-corrected chi connectivity index (χ0v) is 12.9. The van der Waals surface area contributed by atoms with Gasteiger partial charge in [-0.15, -0.1) is 0 Å². The second-order valence-corrected chi connectivity index (χ2v) is 7.66. The van der Waals surface area contributed by atoms with Gasteiger partial charge in [-0.1, -0.05) is 51.1 Å². The number of rotatable bonds is 4. The fourth-order valence-electron chi connectivity index (χ4n) is 4.86. The zero-order valence-electron chi connectivity index (χ0n) is 12.9. The molecule has 2 nitrogen and oxygen atoms in total. The molecule has 2 N–H and O–H groups in total. The molecule has 2 aliphatic rings. The number of nitrogens with one attached hydrogen (secondary N) is 1. The number of aliphatic hydroxyl groups excluding tert-OH is 1. The molecule has 3 unspecified atom stereocenters. The lowest BCUT2D eigenvalue weighted by atomic mass is 9.68. The molecule has 2 saturated carbocycles. The van der Waals surface area contributed by atoms with Gasteiger partial charge in [0.2, 0.25) is 0 Å². The van der Waals surface area contributed by atoms with Crippen molar-refractivity contribution in [1.82, 2.24) is 5.32 Å². The monoisotopic (exact) mass is 273 g/mol. The number of benzene rings is 1. The minimum absolute atomic E-state index is 0.0525. The summed E-state index contributed by atoms with van der Waals surface area (Å²) in [6, 6.07) is 10.9. The highest BCUT2D eigenvalue weighted by Gasteiger charge is 2.59. The van der Waals surface area contributed by atoms with Crippen molar-refractivity contribution in [2.75, 3.05) is 6.61 Å². The standard InChI is InChI=1S/C18H27NO/c1-17(2)14-9-10-18(3,11-14)16(17)19-15(12-20)13-7-5-4-6-8-13/h4-8,14-16,19-20H,9-12H2,1-3H3/t14?,15-,16?,18?/m0/s1.